The molecule has 1 saturated carbocycles. The van der Waals surface area contributed by atoms with E-state index in [-0.39, 0.29) is 0 Å². The molecule has 1 aliphatic carbocycles. The van der Waals surface area contributed by atoms with Crippen molar-refractivity contribution in [2.45, 2.75) is 19.0 Å². The van der Waals surface area contributed by atoms with Gasteiger partial charge in [-0.25, -0.2) is 4.39 Å². The fourth-order valence-corrected chi connectivity index (χ4v) is 2.01. The zero-order valence-corrected chi connectivity index (χ0v) is 5.44. The van der Waals surface area contributed by atoms with E-state index in [0.717, 1.165) is 25.9 Å². The fourth-order valence-electron chi connectivity index (χ4n) is 2.01. The first kappa shape index (κ1) is 5.66. The Bertz CT molecular complexity index is 99.5. The Morgan fingerprint density at radius 3 is 2.11 bits per heavy atom. The minimum Gasteiger partial charge on any atom is -0.316 e. The molecule has 1 nitrogen and oxygen atoms in total. The van der Waals surface area contributed by atoms with Crippen molar-refractivity contribution in [2.75, 3.05) is 13.1 Å². The average molecular weight is 129 g/mol. The molecule has 2 atom stereocenters. The Labute approximate surface area is 54.6 Å². The molecule has 1 heterocycles. The van der Waals surface area contributed by atoms with Gasteiger partial charge in [-0.3, -0.25) is 0 Å². The third-order valence-electron chi connectivity index (χ3n) is 2.62. The smallest absolute Gasteiger partial charge is 0.108 e. The van der Waals surface area contributed by atoms with Crippen molar-refractivity contribution in [1.82, 2.24) is 5.32 Å². The summed E-state index contributed by atoms with van der Waals surface area (Å²) in [5, 5.41) is 3.24. The van der Waals surface area contributed by atoms with E-state index in [4.69, 9.17) is 0 Å². The third kappa shape index (κ3) is 0.767. The lowest BCUT2D eigenvalue weighted by Crippen LogP contribution is -2.39. The Kier molecular flexibility index (Phi) is 1.22. The Morgan fingerprint density at radius 2 is 1.67 bits per heavy atom. The van der Waals surface area contributed by atoms with Crippen LogP contribution in [0, 0.1) is 11.8 Å². The molecular formula is C7H12FN. The molecule has 0 aromatic rings. The number of hydrogen-bond acceptors (Lipinski definition) is 1. The molecule has 2 fully saturated rings. The molecule has 1 saturated heterocycles. The summed E-state index contributed by atoms with van der Waals surface area (Å²) in [6.45, 7) is 1.83. The van der Waals surface area contributed by atoms with Gasteiger partial charge in [-0.05, 0) is 12.8 Å². The van der Waals surface area contributed by atoms with Crippen LogP contribution < -0.4 is 5.32 Å². The van der Waals surface area contributed by atoms with Crippen molar-refractivity contribution in [3.63, 3.8) is 0 Å². The molecule has 0 aromatic carbocycles. The van der Waals surface area contributed by atoms with Crippen molar-refractivity contribution < 1.29 is 4.39 Å². The number of fused-ring (bicyclic) bond motifs is 2. The van der Waals surface area contributed by atoms with Gasteiger partial charge >= 0.3 is 0 Å². The van der Waals surface area contributed by atoms with Crippen LogP contribution in [0.3, 0.4) is 0 Å². The number of halogens is 1. The summed E-state index contributed by atoms with van der Waals surface area (Å²) >= 11 is 0. The minimum atomic E-state index is -0.480. The zero-order valence-electron chi connectivity index (χ0n) is 5.44. The molecule has 9 heavy (non-hydrogen) atoms. The second-order valence-corrected chi connectivity index (χ2v) is 3.20. The second-order valence-electron chi connectivity index (χ2n) is 3.20. The SMILES string of the molecule is FC1C2CCC1CNC2. The van der Waals surface area contributed by atoms with Gasteiger partial charge < -0.3 is 5.32 Å². The lowest BCUT2D eigenvalue weighted by molar-refractivity contribution is 0.169. The predicted molar refractivity (Wildman–Crippen MR) is 34.0 cm³/mol. The summed E-state index contributed by atoms with van der Waals surface area (Å²) < 4.78 is 13.0. The van der Waals surface area contributed by atoms with Crippen LogP contribution in [0.4, 0.5) is 4.39 Å². The van der Waals surface area contributed by atoms with E-state index in [1.54, 1.807) is 0 Å². The molecule has 2 bridgehead atoms. The maximum Gasteiger partial charge on any atom is 0.108 e. The Morgan fingerprint density at radius 1 is 1.11 bits per heavy atom. The minimum absolute atomic E-state index is 0.351. The van der Waals surface area contributed by atoms with Crippen molar-refractivity contribution in [3.8, 4) is 0 Å². The lowest BCUT2D eigenvalue weighted by Gasteiger charge is -2.23. The van der Waals surface area contributed by atoms with Crippen molar-refractivity contribution in [3.05, 3.63) is 0 Å². The van der Waals surface area contributed by atoms with Gasteiger partial charge in [-0.2, -0.15) is 0 Å². The van der Waals surface area contributed by atoms with Gasteiger partial charge in [0.15, 0.2) is 0 Å². The monoisotopic (exact) mass is 129 g/mol. The van der Waals surface area contributed by atoms with Crippen LogP contribution in [0.15, 0.2) is 0 Å². The van der Waals surface area contributed by atoms with Crippen LogP contribution in [0.25, 0.3) is 0 Å². The molecule has 1 N–H and O–H groups in total. The topological polar surface area (TPSA) is 12.0 Å². The van der Waals surface area contributed by atoms with Crippen LogP contribution in [0.1, 0.15) is 12.8 Å². The summed E-state index contributed by atoms with van der Waals surface area (Å²) in [6, 6.07) is 0. The van der Waals surface area contributed by atoms with E-state index in [9.17, 15) is 4.39 Å². The average Bonchev–Trinajstić information content (AvgIpc) is 2.19. The predicted octanol–water partition coefficient (Wildman–Crippen LogP) is 0.954. The summed E-state index contributed by atoms with van der Waals surface area (Å²) in [6.07, 6.45) is 1.74. The summed E-state index contributed by atoms with van der Waals surface area (Å²) in [7, 11) is 0. The molecule has 2 heteroatoms. The van der Waals surface area contributed by atoms with E-state index in [1.165, 1.54) is 0 Å². The van der Waals surface area contributed by atoms with Gasteiger partial charge in [0.25, 0.3) is 0 Å². The van der Waals surface area contributed by atoms with E-state index >= 15 is 0 Å². The normalized spacial score (nSPS) is 49.7. The number of rotatable bonds is 0. The molecular weight excluding hydrogens is 117 g/mol. The highest BCUT2D eigenvalue weighted by atomic mass is 19.1. The largest absolute Gasteiger partial charge is 0.316 e. The zero-order chi connectivity index (χ0) is 6.27. The summed E-state index contributed by atoms with van der Waals surface area (Å²) in [5.41, 5.74) is 0. The first-order chi connectivity index (χ1) is 4.38. The Balaban J connectivity index is 2.10. The van der Waals surface area contributed by atoms with Crippen molar-refractivity contribution in [2.24, 2.45) is 11.8 Å². The fraction of sp³-hybridized carbons (Fsp3) is 1.00. The highest BCUT2D eigenvalue weighted by Gasteiger charge is 2.38. The highest BCUT2D eigenvalue weighted by Crippen LogP contribution is 2.35. The molecule has 2 aliphatic rings. The van der Waals surface area contributed by atoms with Crippen LogP contribution in [-0.4, -0.2) is 19.3 Å². The molecule has 0 radical (unpaired) electrons. The highest BCUT2D eigenvalue weighted by molar-refractivity contribution is 4.91. The van der Waals surface area contributed by atoms with Gasteiger partial charge in [0, 0.05) is 24.9 Å². The van der Waals surface area contributed by atoms with E-state index in [1.807, 2.05) is 0 Å². The maximum absolute atomic E-state index is 13.0. The summed E-state index contributed by atoms with van der Waals surface area (Å²) in [4.78, 5) is 0. The van der Waals surface area contributed by atoms with E-state index in [0.29, 0.717) is 11.8 Å². The first-order valence-electron chi connectivity index (χ1n) is 3.72. The summed E-state index contributed by atoms with van der Waals surface area (Å²) in [5.74, 6) is 0.701. The molecule has 0 amide bonds. The maximum atomic E-state index is 13.0. The van der Waals surface area contributed by atoms with Gasteiger partial charge in [-0.15, -0.1) is 0 Å². The molecule has 52 valence electrons. The van der Waals surface area contributed by atoms with Gasteiger partial charge in [-0.1, -0.05) is 0 Å². The van der Waals surface area contributed by atoms with Crippen LogP contribution in [-0.2, 0) is 0 Å². The van der Waals surface area contributed by atoms with E-state index < -0.39 is 6.17 Å². The standard InChI is InChI=1S/C7H12FN/c8-7-5-1-2-6(7)4-9-3-5/h5-7,9H,1-4H2. The van der Waals surface area contributed by atoms with Gasteiger partial charge in [0.05, 0.1) is 0 Å². The molecule has 0 aromatic heterocycles. The second kappa shape index (κ2) is 1.94. The molecule has 2 rings (SSSR count). The molecule has 1 aliphatic heterocycles. The third-order valence-corrected chi connectivity index (χ3v) is 2.62. The van der Waals surface area contributed by atoms with Gasteiger partial charge in [0.2, 0.25) is 0 Å². The lowest BCUT2D eigenvalue weighted by atomic mass is 9.98. The van der Waals surface area contributed by atoms with Crippen molar-refractivity contribution in [1.29, 1.82) is 0 Å². The number of hydrogen-bond donors (Lipinski definition) is 1. The molecule has 0 spiro atoms. The quantitative estimate of drug-likeness (QED) is 0.513. The van der Waals surface area contributed by atoms with Crippen molar-refractivity contribution >= 4 is 0 Å². The van der Waals surface area contributed by atoms with Gasteiger partial charge in [0.1, 0.15) is 6.17 Å². The van der Waals surface area contributed by atoms with Crippen LogP contribution >= 0.6 is 0 Å². The van der Waals surface area contributed by atoms with E-state index in [2.05, 4.69) is 5.32 Å². The number of nitrogens with one attached hydrogen (secondary N) is 1. The first-order valence-corrected chi connectivity index (χ1v) is 3.72. The Hall–Kier alpha value is -0.110. The molecule has 2 unspecified atom stereocenters. The van der Waals surface area contributed by atoms with Crippen LogP contribution in [0.2, 0.25) is 0 Å². The number of alkyl halides is 1. The number of piperidine rings is 1. The van der Waals surface area contributed by atoms with Crippen LogP contribution in [0.5, 0.6) is 0 Å².